The van der Waals surface area contributed by atoms with E-state index in [1.165, 1.54) is 27.7 Å². The Kier molecular flexibility index (Phi) is 8.54. The second kappa shape index (κ2) is 11.3. The van der Waals surface area contributed by atoms with E-state index < -0.39 is 36.1 Å². The molecule has 2 atom stereocenters. The lowest BCUT2D eigenvalue weighted by Crippen LogP contribution is -2.10. The Morgan fingerprint density at radius 1 is 0.562 bits per heavy atom. The predicted molar refractivity (Wildman–Crippen MR) is 112 cm³/mol. The van der Waals surface area contributed by atoms with E-state index in [2.05, 4.69) is 11.8 Å². The van der Waals surface area contributed by atoms with Crippen molar-refractivity contribution in [3.05, 3.63) is 59.7 Å². The molecule has 0 radical (unpaired) electrons. The third-order valence-electron chi connectivity index (χ3n) is 3.80. The summed E-state index contributed by atoms with van der Waals surface area (Å²) in [5.41, 5.74) is 1.07. The van der Waals surface area contributed by atoms with Gasteiger partial charge in [-0.1, -0.05) is 24.3 Å². The number of ether oxygens (including phenoxy) is 4. The SMILES string of the molecule is CC(=O)Oc1ccc(C(C#CC(OC(C)=O)c2ccc(OC(C)=O)cc2)OC(C)=O)cc1. The minimum Gasteiger partial charge on any atom is -0.444 e. The minimum absolute atomic E-state index is 0.335. The number of esters is 4. The van der Waals surface area contributed by atoms with E-state index in [4.69, 9.17) is 18.9 Å². The molecule has 2 aromatic carbocycles. The molecule has 2 rings (SSSR count). The van der Waals surface area contributed by atoms with E-state index in [-0.39, 0.29) is 0 Å². The third kappa shape index (κ3) is 7.95. The lowest BCUT2D eigenvalue weighted by Gasteiger charge is -2.14. The number of rotatable bonds is 6. The van der Waals surface area contributed by atoms with Crippen LogP contribution < -0.4 is 9.47 Å². The fourth-order valence-corrected chi connectivity index (χ4v) is 2.60. The van der Waals surface area contributed by atoms with Crippen molar-refractivity contribution in [2.75, 3.05) is 0 Å². The zero-order chi connectivity index (χ0) is 23.7. The zero-order valence-corrected chi connectivity index (χ0v) is 18.0. The summed E-state index contributed by atoms with van der Waals surface area (Å²) in [5, 5.41) is 0. The maximum atomic E-state index is 11.6. The standard InChI is InChI=1S/C24H22O8/c1-15(25)29-21-9-5-19(6-10-21)23(31-17(3)27)13-14-24(32-18(4)28)20-7-11-22(12-8-20)30-16(2)26/h5-12,23-24H,1-4H3. The lowest BCUT2D eigenvalue weighted by molar-refractivity contribution is -0.145. The number of hydrogen-bond acceptors (Lipinski definition) is 8. The molecule has 0 aromatic heterocycles. The average molecular weight is 438 g/mol. The molecular formula is C24H22O8. The van der Waals surface area contributed by atoms with Gasteiger partial charge >= 0.3 is 23.9 Å². The van der Waals surface area contributed by atoms with E-state index in [0.717, 1.165) is 0 Å². The molecule has 0 fully saturated rings. The van der Waals surface area contributed by atoms with Crippen molar-refractivity contribution in [2.45, 2.75) is 39.9 Å². The Balaban J connectivity index is 2.32. The van der Waals surface area contributed by atoms with Gasteiger partial charge in [0.1, 0.15) is 11.5 Å². The second-order valence-electron chi connectivity index (χ2n) is 6.59. The van der Waals surface area contributed by atoms with Gasteiger partial charge in [-0.05, 0) is 36.1 Å². The summed E-state index contributed by atoms with van der Waals surface area (Å²) in [6.45, 7) is 5.07. The minimum atomic E-state index is -0.947. The molecular weight excluding hydrogens is 416 g/mol. The molecule has 2 aromatic rings. The highest BCUT2D eigenvalue weighted by molar-refractivity contribution is 5.70. The third-order valence-corrected chi connectivity index (χ3v) is 3.80. The Morgan fingerprint density at radius 3 is 1.12 bits per heavy atom. The molecule has 8 heteroatoms. The normalized spacial score (nSPS) is 11.8. The Bertz CT molecular complexity index is 959. The molecule has 0 amide bonds. The van der Waals surface area contributed by atoms with Crippen molar-refractivity contribution in [1.29, 1.82) is 0 Å². The Labute approximate surface area is 185 Å². The summed E-state index contributed by atoms with van der Waals surface area (Å²) < 4.78 is 20.6. The van der Waals surface area contributed by atoms with Crippen molar-refractivity contribution < 1.29 is 38.1 Å². The molecule has 166 valence electrons. The summed E-state index contributed by atoms with van der Waals surface area (Å²) in [6, 6.07) is 12.6. The zero-order valence-electron chi connectivity index (χ0n) is 18.0. The lowest BCUT2D eigenvalue weighted by atomic mass is 10.1. The van der Waals surface area contributed by atoms with Gasteiger partial charge in [-0.25, -0.2) is 0 Å². The van der Waals surface area contributed by atoms with E-state index in [1.54, 1.807) is 48.5 Å². The summed E-state index contributed by atoms with van der Waals surface area (Å²) in [4.78, 5) is 45.3. The molecule has 0 aliphatic rings. The largest absolute Gasteiger partial charge is 0.444 e. The van der Waals surface area contributed by atoms with Crippen LogP contribution in [0.1, 0.15) is 51.0 Å². The second-order valence-corrected chi connectivity index (χ2v) is 6.59. The molecule has 0 spiro atoms. The van der Waals surface area contributed by atoms with Crippen molar-refractivity contribution >= 4 is 23.9 Å². The van der Waals surface area contributed by atoms with Gasteiger partial charge in [0.05, 0.1) is 0 Å². The summed E-state index contributed by atoms with van der Waals surface area (Å²) in [5.74, 6) is 4.27. The predicted octanol–water partition coefficient (Wildman–Crippen LogP) is 3.45. The molecule has 0 saturated carbocycles. The van der Waals surface area contributed by atoms with E-state index >= 15 is 0 Å². The molecule has 0 aliphatic heterocycles. The van der Waals surface area contributed by atoms with Crippen LogP contribution in [0.5, 0.6) is 11.5 Å². The van der Waals surface area contributed by atoms with Gasteiger partial charge in [-0.15, -0.1) is 0 Å². The summed E-state index contributed by atoms with van der Waals surface area (Å²) in [6.07, 6.45) is -1.89. The molecule has 0 bridgehead atoms. The van der Waals surface area contributed by atoms with E-state index in [1.807, 2.05) is 0 Å². The summed E-state index contributed by atoms with van der Waals surface area (Å²) >= 11 is 0. The molecule has 0 aliphatic carbocycles. The van der Waals surface area contributed by atoms with Crippen LogP contribution in [0.4, 0.5) is 0 Å². The van der Waals surface area contributed by atoms with Gasteiger partial charge in [0.15, 0.2) is 12.2 Å². The summed E-state index contributed by atoms with van der Waals surface area (Å²) in [7, 11) is 0. The van der Waals surface area contributed by atoms with Gasteiger partial charge in [-0.2, -0.15) is 0 Å². The first-order valence-corrected chi connectivity index (χ1v) is 9.56. The van der Waals surface area contributed by atoms with Crippen molar-refractivity contribution in [2.24, 2.45) is 0 Å². The van der Waals surface area contributed by atoms with Gasteiger partial charge in [-0.3, -0.25) is 19.2 Å². The molecule has 2 unspecified atom stereocenters. The van der Waals surface area contributed by atoms with E-state index in [0.29, 0.717) is 22.6 Å². The van der Waals surface area contributed by atoms with Gasteiger partial charge in [0, 0.05) is 38.8 Å². The topological polar surface area (TPSA) is 105 Å². The highest BCUT2D eigenvalue weighted by Crippen LogP contribution is 2.24. The van der Waals surface area contributed by atoms with Crippen LogP contribution in [-0.4, -0.2) is 23.9 Å². The quantitative estimate of drug-likeness (QED) is 0.384. The molecule has 0 saturated heterocycles. The smallest absolute Gasteiger partial charge is 0.308 e. The molecule has 0 N–H and O–H groups in total. The first-order chi connectivity index (χ1) is 15.1. The number of benzene rings is 2. The fourth-order valence-electron chi connectivity index (χ4n) is 2.60. The maximum Gasteiger partial charge on any atom is 0.308 e. The van der Waals surface area contributed by atoms with Crippen LogP contribution in [0.25, 0.3) is 0 Å². The van der Waals surface area contributed by atoms with Crippen LogP contribution in [-0.2, 0) is 28.7 Å². The highest BCUT2D eigenvalue weighted by atomic mass is 16.6. The Morgan fingerprint density at radius 2 is 0.875 bits per heavy atom. The van der Waals surface area contributed by atoms with Gasteiger partial charge in [0.25, 0.3) is 0 Å². The monoisotopic (exact) mass is 438 g/mol. The van der Waals surface area contributed by atoms with Crippen molar-refractivity contribution in [3.63, 3.8) is 0 Å². The van der Waals surface area contributed by atoms with Gasteiger partial charge in [0.2, 0.25) is 0 Å². The van der Waals surface area contributed by atoms with Crippen LogP contribution in [0.2, 0.25) is 0 Å². The number of carbonyl (C=O) groups is 4. The first kappa shape index (κ1) is 24.2. The molecule has 32 heavy (non-hydrogen) atoms. The molecule has 8 nitrogen and oxygen atoms in total. The molecule has 0 heterocycles. The van der Waals surface area contributed by atoms with Gasteiger partial charge < -0.3 is 18.9 Å². The number of hydrogen-bond donors (Lipinski definition) is 0. The fraction of sp³-hybridized carbons (Fsp3) is 0.250. The van der Waals surface area contributed by atoms with Crippen LogP contribution in [0.3, 0.4) is 0 Å². The number of carbonyl (C=O) groups excluding carboxylic acids is 4. The van der Waals surface area contributed by atoms with Crippen LogP contribution in [0.15, 0.2) is 48.5 Å². The Hall–Kier alpha value is -4.12. The van der Waals surface area contributed by atoms with E-state index in [9.17, 15) is 19.2 Å². The average Bonchev–Trinajstić information content (AvgIpc) is 2.70. The highest BCUT2D eigenvalue weighted by Gasteiger charge is 2.16. The first-order valence-electron chi connectivity index (χ1n) is 9.56. The van der Waals surface area contributed by atoms with Crippen LogP contribution in [0, 0.1) is 11.8 Å². The van der Waals surface area contributed by atoms with Crippen molar-refractivity contribution in [3.8, 4) is 23.3 Å². The maximum absolute atomic E-state index is 11.6. The van der Waals surface area contributed by atoms with Crippen molar-refractivity contribution in [1.82, 2.24) is 0 Å². The van der Waals surface area contributed by atoms with Crippen LogP contribution >= 0.6 is 0 Å².